The van der Waals surface area contributed by atoms with Crippen LogP contribution in [-0.4, -0.2) is 12.5 Å². The zero-order valence-corrected chi connectivity index (χ0v) is 16.1. The van der Waals surface area contributed by atoms with E-state index >= 15 is 0 Å². The highest BCUT2D eigenvalue weighted by Crippen LogP contribution is 2.26. The molecule has 1 N–H and O–H groups in total. The van der Waals surface area contributed by atoms with Gasteiger partial charge in [0, 0.05) is 16.3 Å². The van der Waals surface area contributed by atoms with E-state index in [4.69, 9.17) is 16.3 Å². The number of ether oxygens (including phenoxy) is 1. The Morgan fingerprint density at radius 1 is 1.19 bits per heavy atom. The highest BCUT2D eigenvalue weighted by Gasteiger charge is 2.12. The van der Waals surface area contributed by atoms with Crippen molar-refractivity contribution in [3.05, 3.63) is 64.7 Å². The molecule has 2 aromatic carbocycles. The summed E-state index contributed by atoms with van der Waals surface area (Å²) in [6, 6.07) is 16.1. The number of hydrogen-bond acceptors (Lipinski definition) is 3. The van der Waals surface area contributed by atoms with Crippen LogP contribution in [0, 0.1) is 11.3 Å². The summed E-state index contributed by atoms with van der Waals surface area (Å²) in [7, 11) is 0. The smallest absolute Gasteiger partial charge is 0.266 e. The first-order chi connectivity index (χ1) is 13.1. The molecule has 0 saturated heterocycles. The summed E-state index contributed by atoms with van der Waals surface area (Å²) in [5, 5.41) is 12.6. The minimum Gasteiger partial charge on any atom is -0.493 e. The van der Waals surface area contributed by atoms with E-state index < -0.39 is 5.91 Å². The molecule has 0 bridgehead atoms. The maximum absolute atomic E-state index is 12.4. The van der Waals surface area contributed by atoms with E-state index in [1.54, 1.807) is 30.3 Å². The Labute approximate surface area is 165 Å². The molecule has 0 aliphatic rings. The first-order valence-corrected chi connectivity index (χ1v) is 9.42. The van der Waals surface area contributed by atoms with Crippen molar-refractivity contribution in [3.8, 4) is 11.8 Å². The fourth-order valence-electron chi connectivity index (χ4n) is 2.50. The highest BCUT2D eigenvalue weighted by atomic mass is 35.5. The number of amides is 1. The summed E-state index contributed by atoms with van der Waals surface area (Å²) in [5.41, 5.74) is 1.22. The average Bonchev–Trinajstić information content (AvgIpc) is 2.68. The zero-order valence-electron chi connectivity index (χ0n) is 15.4. The first kappa shape index (κ1) is 20.5. The van der Waals surface area contributed by atoms with Gasteiger partial charge in [-0.05, 0) is 42.8 Å². The van der Waals surface area contributed by atoms with E-state index in [1.807, 2.05) is 24.3 Å². The molecule has 1 amide bonds. The SMILES string of the molecule is CCCCCCOc1ccc(Cl)cc1/C=C(\C#N)C(=O)Nc1ccccc1. The Morgan fingerprint density at radius 3 is 2.67 bits per heavy atom. The Bertz CT molecular complexity index is 826. The van der Waals surface area contributed by atoms with Gasteiger partial charge in [-0.3, -0.25) is 4.79 Å². The number of carbonyl (C=O) groups is 1. The predicted octanol–water partition coefficient (Wildman–Crippen LogP) is 5.84. The molecule has 27 heavy (non-hydrogen) atoms. The lowest BCUT2D eigenvalue weighted by Crippen LogP contribution is -2.13. The number of unbranched alkanes of at least 4 members (excludes halogenated alkanes) is 3. The summed E-state index contributed by atoms with van der Waals surface area (Å²) < 4.78 is 5.84. The number of hydrogen-bond donors (Lipinski definition) is 1. The van der Waals surface area contributed by atoms with Crippen LogP contribution in [0.15, 0.2) is 54.1 Å². The molecule has 5 heteroatoms. The number of nitrogens with zero attached hydrogens (tertiary/aromatic N) is 1. The van der Waals surface area contributed by atoms with Gasteiger partial charge in [-0.25, -0.2) is 0 Å². The number of carbonyl (C=O) groups excluding carboxylic acids is 1. The minimum atomic E-state index is -0.474. The molecule has 2 aromatic rings. The van der Waals surface area contributed by atoms with Gasteiger partial charge in [0.1, 0.15) is 17.4 Å². The zero-order chi connectivity index (χ0) is 19.5. The molecule has 0 spiro atoms. The van der Waals surface area contributed by atoms with Crippen molar-refractivity contribution in [2.24, 2.45) is 0 Å². The molecule has 0 aliphatic heterocycles. The van der Waals surface area contributed by atoms with E-state index in [-0.39, 0.29) is 5.57 Å². The standard InChI is InChI=1S/C22H23ClN2O2/c1-2-3-4-8-13-27-21-12-11-19(23)15-17(21)14-18(16-24)22(26)25-20-9-6-5-7-10-20/h5-7,9-12,14-15H,2-4,8,13H2,1H3,(H,25,26)/b18-14+. The van der Waals surface area contributed by atoms with E-state index in [9.17, 15) is 10.1 Å². The van der Waals surface area contributed by atoms with E-state index in [0.717, 1.165) is 19.3 Å². The second-order valence-corrected chi connectivity index (χ2v) is 6.52. The van der Waals surface area contributed by atoms with Crippen LogP contribution >= 0.6 is 11.6 Å². The van der Waals surface area contributed by atoms with Crippen molar-refractivity contribution in [1.29, 1.82) is 5.26 Å². The molecule has 0 fully saturated rings. The molecule has 0 aromatic heterocycles. The van der Waals surface area contributed by atoms with Crippen molar-refractivity contribution < 1.29 is 9.53 Å². The van der Waals surface area contributed by atoms with Crippen LogP contribution in [0.1, 0.15) is 38.2 Å². The molecule has 0 saturated carbocycles. The molecule has 0 heterocycles. The number of benzene rings is 2. The molecule has 0 atom stereocenters. The highest BCUT2D eigenvalue weighted by molar-refractivity contribution is 6.30. The summed E-state index contributed by atoms with van der Waals surface area (Å²) in [6.45, 7) is 2.74. The Kier molecular flexibility index (Phi) is 8.41. The normalized spacial score (nSPS) is 10.9. The second-order valence-electron chi connectivity index (χ2n) is 6.08. The van der Waals surface area contributed by atoms with Gasteiger partial charge >= 0.3 is 0 Å². The number of halogens is 1. The fraction of sp³-hybridized carbons (Fsp3) is 0.273. The summed E-state index contributed by atoms with van der Waals surface area (Å²) >= 11 is 6.09. The third-order valence-corrected chi connectivity index (χ3v) is 4.16. The average molecular weight is 383 g/mol. The number of nitrogens with one attached hydrogen (secondary N) is 1. The molecule has 4 nitrogen and oxygen atoms in total. The Balaban J connectivity index is 2.15. The molecule has 2 rings (SSSR count). The lowest BCUT2D eigenvalue weighted by Gasteiger charge is -2.10. The van der Waals surface area contributed by atoms with Crippen LogP contribution in [0.4, 0.5) is 5.69 Å². The largest absolute Gasteiger partial charge is 0.493 e. The Hall–Kier alpha value is -2.77. The number of anilines is 1. The maximum Gasteiger partial charge on any atom is 0.266 e. The van der Waals surface area contributed by atoms with E-state index in [0.29, 0.717) is 28.6 Å². The quantitative estimate of drug-likeness (QED) is 0.336. The third-order valence-electron chi connectivity index (χ3n) is 3.92. The van der Waals surface area contributed by atoms with Gasteiger partial charge in [-0.2, -0.15) is 5.26 Å². The van der Waals surface area contributed by atoms with Crippen molar-refractivity contribution in [3.63, 3.8) is 0 Å². The number of rotatable bonds is 9. The monoisotopic (exact) mass is 382 g/mol. The van der Waals surface area contributed by atoms with Gasteiger partial charge in [0.25, 0.3) is 5.91 Å². The molecule has 0 unspecified atom stereocenters. The summed E-state index contributed by atoms with van der Waals surface area (Å²) in [5.74, 6) is 0.133. The lowest BCUT2D eigenvalue weighted by molar-refractivity contribution is -0.112. The van der Waals surface area contributed by atoms with Crippen molar-refractivity contribution in [1.82, 2.24) is 0 Å². The van der Waals surface area contributed by atoms with E-state index in [2.05, 4.69) is 12.2 Å². The number of nitriles is 1. The van der Waals surface area contributed by atoms with Gasteiger partial charge in [-0.15, -0.1) is 0 Å². The third kappa shape index (κ3) is 6.80. The van der Waals surface area contributed by atoms with Crippen molar-refractivity contribution >= 4 is 29.3 Å². The fourth-order valence-corrected chi connectivity index (χ4v) is 2.68. The first-order valence-electron chi connectivity index (χ1n) is 9.04. The van der Waals surface area contributed by atoms with Crippen LogP contribution in [-0.2, 0) is 4.79 Å². The molecular weight excluding hydrogens is 360 g/mol. The van der Waals surface area contributed by atoms with Gasteiger partial charge in [0.2, 0.25) is 0 Å². The van der Waals surface area contributed by atoms with Crippen LogP contribution in [0.5, 0.6) is 5.75 Å². The molecule has 0 radical (unpaired) electrons. The van der Waals surface area contributed by atoms with Crippen LogP contribution < -0.4 is 10.1 Å². The minimum absolute atomic E-state index is 0.0167. The van der Waals surface area contributed by atoms with Gasteiger partial charge < -0.3 is 10.1 Å². The van der Waals surface area contributed by atoms with Crippen LogP contribution in [0.2, 0.25) is 5.02 Å². The van der Waals surface area contributed by atoms with Gasteiger partial charge in [-0.1, -0.05) is 56.0 Å². The predicted molar refractivity (Wildman–Crippen MR) is 110 cm³/mol. The second kappa shape index (κ2) is 11.1. The topological polar surface area (TPSA) is 62.1 Å². The molecular formula is C22H23ClN2O2. The van der Waals surface area contributed by atoms with E-state index in [1.165, 1.54) is 12.5 Å². The van der Waals surface area contributed by atoms with Gasteiger partial charge in [0.05, 0.1) is 6.61 Å². The summed E-state index contributed by atoms with van der Waals surface area (Å²) in [6.07, 6.45) is 5.91. The molecule has 140 valence electrons. The maximum atomic E-state index is 12.4. The van der Waals surface area contributed by atoms with Gasteiger partial charge in [0.15, 0.2) is 0 Å². The summed E-state index contributed by atoms with van der Waals surface area (Å²) in [4.78, 5) is 12.4. The van der Waals surface area contributed by atoms with Crippen LogP contribution in [0.25, 0.3) is 6.08 Å². The van der Waals surface area contributed by atoms with Crippen LogP contribution in [0.3, 0.4) is 0 Å². The van der Waals surface area contributed by atoms with Crippen molar-refractivity contribution in [2.75, 3.05) is 11.9 Å². The number of para-hydroxylation sites is 1. The van der Waals surface area contributed by atoms with Crippen molar-refractivity contribution in [2.45, 2.75) is 32.6 Å². The molecule has 0 aliphatic carbocycles. The Morgan fingerprint density at radius 2 is 1.96 bits per heavy atom. The lowest BCUT2D eigenvalue weighted by atomic mass is 10.1.